The van der Waals surface area contributed by atoms with Gasteiger partial charge in [-0.15, -0.1) is 0 Å². The predicted molar refractivity (Wildman–Crippen MR) is 101 cm³/mol. The topological polar surface area (TPSA) is 92.5 Å². The second-order valence-corrected chi connectivity index (χ2v) is 8.28. The van der Waals surface area contributed by atoms with Gasteiger partial charge in [-0.3, -0.25) is 4.98 Å². The van der Waals surface area contributed by atoms with Gasteiger partial charge in [-0.05, 0) is 24.3 Å². The fourth-order valence-electron chi connectivity index (χ4n) is 2.90. The van der Waals surface area contributed by atoms with Gasteiger partial charge in [0.05, 0.1) is 11.4 Å². The molecule has 3 rings (SSSR count). The van der Waals surface area contributed by atoms with Gasteiger partial charge in [0.1, 0.15) is 5.69 Å². The third-order valence-electron chi connectivity index (χ3n) is 4.35. The average molecular weight is 457 g/mol. The van der Waals surface area contributed by atoms with Crippen molar-refractivity contribution in [2.24, 2.45) is 0 Å². The van der Waals surface area contributed by atoms with Crippen molar-refractivity contribution in [1.29, 1.82) is 0 Å². The molecule has 12 heteroatoms. The molecule has 31 heavy (non-hydrogen) atoms. The Labute approximate surface area is 174 Å². The van der Waals surface area contributed by atoms with Crippen molar-refractivity contribution >= 4 is 16.1 Å². The summed E-state index contributed by atoms with van der Waals surface area (Å²) in [5.41, 5.74) is -3.58. The first-order valence-electron chi connectivity index (χ1n) is 8.61. The molecule has 2 heterocycles. The van der Waals surface area contributed by atoms with Crippen LogP contribution in [0.5, 0.6) is 0 Å². The van der Waals surface area contributed by atoms with Crippen molar-refractivity contribution in [1.82, 2.24) is 13.9 Å². The molecule has 0 fully saturated rings. The first-order valence-corrected chi connectivity index (χ1v) is 10.1. The summed E-state index contributed by atoms with van der Waals surface area (Å²) in [7, 11) is -3.42. The van der Waals surface area contributed by atoms with Crippen LogP contribution in [0.3, 0.4) is 0 Å². The average Bonchev–Trinajstić information content (AvgIpc) is 3.04. The Kier molecular flexibility index (Phi) is 5.77. The molecule has 0 saturated carbocycles. The zero-order valence-corrected chi connectivity index (χ0v) is 16.7. The molecule has 1 amide bonds. The van der Waals surface area contributed by atoms with Crippen LogP contribution in [0.15, 0.2) is 59.8 Å². The van der Waals surface area contributed by atoms with Gasteiger partial charge in [-0.2, -0.15) is 13.2 Å². The van der Waals surface area contributed by atoms with E-state index in [-0.39, 0.29) is 4.90 Å². The van der Waals surface area contributed by atoms with E-state index in [0.717, 1.165) is 31.6 Å². The molecule has 0 aliphatic carbocycles. The Morgan fingerprint density at radius 3 is 2.39 bits per heavy atom. The zero-order chi connectivity index (χ0) is 23.0. The number of hydrogen-bond donors (Lipinski definition) is 1. The van der Waals surface area contributed by atoms with E-state index in [1.165, 1.54) is 30.3 Å². The Hall–Kier alpha value is -3.41. The minimum absolute atomic E-state index is 0.290. The van der Waals surface area contributed by atoms with Crippen molar-refractivity contribution < 1.29 is 35.9 Å². The summed E-state index contributed by atoms with van der Waals surface area (Å²) < 4.78 is 82.5. The molecule has 0 saturated heterocycles. The van der Waals surface area contributed by atoms with Crippen LogP contribution >= 0.6 is 0 Å². The van der Waals surface area contributed by atoms with Crippen LogP contribution in [-0.4, -0.2) is 40.5 Å². The summed E-state index contributed by atoms with van der Waals surface area (Å²) in [5.74, 6) is -1.30. The number of aromatic nitrogens is 2. The van der Waals surface area contributed by atoms with E-state index in [0.29, 0.717) is 8.87 Å². The van der Waals surface area contributed by atoms with Crippen LogP contribution < -0.4 is 0 Å². The number of amides is 1. The Bertz CT molecular complexity index is 1220. The molecule has 0 aliphatic heterocycles. The Morgan fingerprint density at radius 2 is 1.81 bits per heavy atom. The third kappa shape index (κ3) is 4.24. The van der Waals surface area contributed by atoms with E-state index in [9.17, 15) is 26.4 Å². The van der Waals surface area contributed by atoms with Crippen molar-refractivity contribution in [2.45, 2.75) is 17.6 Å². The lowest BCUT2D eigenvalue weighted by atomic mass is 10.1. The van der Waals surface area contributed by atoms with Gasteiger partial charge >= 0.3 is 12.3 Å². The first kappa shape index (κ1) is 22.3. The van der Waals surface area contributed by atoms with Crippen molar-refractivity contribution in [3.63, 3.8) is 0 Å². The maximum Gasteiger partial charge on any atom is 0.434 e. The smallest absolute Gasteiger partial charge is 0.434 e. The summed E-state index contributed by atoms with van der Waals surface area (Å²) in [6, 6.07) is 8.75. The SMILES string of the molecule is CN(Cc1cn(S(=O)(=O)c2ccccc2)c(-c2cccnc2C(F)(F)F)c1F)C(=O)O. The van der Waals surface area contributed by atoms with Gasteiger partial charge in [0.2, 0.25) is 0 Å². The van der Waals surface area contributed by atoms with Crippen LogP contribution in [0.2, 0.25) is 0 Å². The maximum absolute atomic E-state index is 15.3. The lowest BCUT2D eigenvalue weighted by Crippen LogP contribution is -2.24. The fourth-order valence-corrected chi connectivity index (χ4v) is 4.31. The first-order chi connectivity index (χ1) is 14.4. The number of carbonyl (C=O) groups is 1. The van der Waals surface area contributed by atoms with E-state index < -0.39 is 57.2 Å². The van der Waals surface area contributed by atoms with E-state index >= 15 is 4.39 Å². The third-order valence-corrected chi connectivity index (χ3v) is 6.02. The molecule has 1 N–H and O–H groups in total. The summed E-state index contributed by atoms with van der Waals surface area (Å²) >= 11 is 0. The highest BCUT2D eigenvalue weighted by atomic mass is 32.2. The second kappa shape index (κ2) is 8.02. The maximum atomic E-state index is 15.3. The zero-order valence-electron chi connectivity index (χ0n) is 15.8. The van der Waals surface area contributed by atoms with Crippen LogP contribution in [-0.2, 0) is 22.7 Å². The lowest BCUT2D eigenvalue weighted by Gasteiger charge is -2.14. The van der Waals surface area contributed by atoms with Gasteiger partial charge in [0.25, 0.3) is 10.0 Å². The summed E-state index contributed by atoms with van der Waals surface area (Å²) in [4.78, 5) is 14.7. The second-order valence-electron chi connectivity index (χ2n) is 6.47. The molecular weight excluding hydrogens is 442 g/mol. The number of hydrogen-bond acceptors (Lipinski definition) is 4. The molecule has 1 aromatic carbocycles. The minimum atomic E-state index is -4.99. The Balaban J connectivity index is 2.33. The number of alkyl halides is 3. The summed E-state index contributed by atoms with van der Waals surface area (Å²) in [6.07, 6.45) is -4.80. The number of nitrogens with zero attached hydrogens (tertiary/aromatic N) is 3. The highest BCUT2D eigenvalue weighted by Gasteiger charge is 2.38. The molecule has 0 spiro atoms. The number of halogens is 4. The lowest BCUT2D eigenvalue weighted by molar-refractivity contribution is -0.140. The van der Waals surface area contributed by atoms with Gasteiger partial charge in [-0.25, -0.2) is 21.6 Å². The van der Waals surface area contributed by atoms with E-state index in [4.69, 9.17) is 5.11 Å². The molecule has 0 radical (unpaired) electrons. The summed E-state index contributed by atoms with van der Waals surface area (Å²) in [6.45, 7) is -0.590. The van der Waals surface area contributed by atoms with Crippen molar-refractivity contribution in [2.75, 3.05) is 7.05 Å². The van der Waals surface area contributed by atoms with E-state index in [2.05, 4.69) is 4.98 Å². The van der Waals surface area contributed by atoms with Crippen LogP contribution in [0.25, 0.3) is 11.3 Å². The number of carboxylic acid groups (broad SMARTS) is 1. The van der Waals surface area contributed by atoms with Gasteiger partial charge in [0, 0.05) is 30.6 Å². The molecular formula is C19H15F4N3O4S. The molecule has 0 unspecified atom stereocenters. The standard InChI is InChI=1S/C19H15F4N3O4S/c1-25(18(27)28)10-12-11-26(31(29,30)13-6-3-2-4-7-13)16(15(12)20)14-8-5-9-24-17(14)19(21,22)23/h2-9,11H,10H2,1H3,(H,27,28). The molecule has 7 nitrogen and oxygen atoms in total. The highest BCUT2D eigenvalue weighted by Crippen LogP contribution is 2.39. The Morgan fingerprint density at radius 1 is 1.16 bits per heavy atom. The van der Waals surface area contributed by atoms with Crippen LogP contribution in [0.1, 0.15) is 11.3 Å². The molecule has 0 bridgehead atoms. The van der Waals surface area contributed by atoms with E-state index in [1.54, 1.807) is 0 Å². The minimum Gasteiger partial charge on any atom is -0.465 e. The van der Waals surface area contributed by atoms with Gasteiger partial charge < -0.3 is 10.0 Å². The fraction of sp³-hybridized carbons (Fsp3) is 0.158. The largest absolute Gasteiger partial charge is 0.465 e. The van der Waals surface area contributed by atoms with Gasteiger partial charge in [-0.1, -0.05) is 18.2 Å². The van der Waals surface area contributed by atoms with E-state index in [1.807, 2.05) is 0 Å². The normalized spacial score (nSPS) is 12.0. The molecule has 2 aromatic heterocycles. The molecule has 164 valence electrons. The predicted octanol–water partition coefficient (Wildman–Crippen LogP) is 4.05. The highest BCUT2D eigenvalue weighted by molar-refractivity contribution is 7.90. The number of pyridine rings is 1. The van der Waals surface area contributed by atoms with Gasteiger partial charge in [0.15, 0.2) is 11.5 Å². The van der Waals surface area contributed by atoms with Crippen molar-refractivity contribution in [3.05, 3.63) is 71.9 Å². The van der Waals surface area contributed by atoms with Crippen molar-refractivity contribution in [3.8, 4) is 11.3 Å². The molecule has 0 aliphatic rings. The number of rotatable bonds is 5. The monoisotopic (exact) mass is 457 g/mol. The molecule has 0 atom stereocenters. The quantitative estimate of drug-likeness (QED) is 0.584. The summed E-state index contributed by atoms with van der Waals surface area (Å²) in [5, 5.41) is 9.04. The number of benzene rings is 1. The van der Waals surface area contributed by atoms with Crippen LogP contribution in [0.4, 0.5) is 22.4 Å². The molecule has 3 aromatic rings. The van der Waals surface area contributed by atoms with Crippen LogP contribution in [0, 0.1) is 5.82 Å².